The SMILES string of the molecule is CC(O)C(=O)N1CC(c2c(C#Cc3cccc4cc(C(C)NC(=O)c5c(N)nn6cccnc56)n(-c5ccccc5)c(=O)c34)cnn2C)C1. The highest BCUT2D eigenvalue weighted by atomic mass is 16.3. The molecule has 2 amide bonds. The molecule has 4 N–H and O–H groups in total. The maximum Gasteiger partial charge on any atom is 0.264 e. The summed E-state index contributed by atoms with van der Waals surface area (Å²) in [5.74, 6) is 5.74. The highest BCUT2D eigenvalue weighted by Crippen LogP contribution is 2.30. The highest BCUT2D eigenvalue weighted by molar-refractivity contribution is 6.04. The Bertz CT molecular complexity index is 2370. The number of aliphatic hydroxyl groups excluding tert-OH is 1. The van der Waals surface area contributed by atoms with Crippen LogP contribution in [0.15, 0.2) is 84.0 Å². The van der Waals surface area contributed by atoms with Gasteiger partial charge in [0.25, 0.3) is 17.4 Å². The van der Waals surface area contributed by atoms with Crippen molar-refractivity contribution in [1.82, 2.24) is 39.2 Å². The number of hydrogen-bond acceptors (Lipinski definition) is 8. The summed E-state index contributed by atoms with van der Waals surface area (Å²) in [6.45, 7) is 4.19. The third-order valence-corrected chi connectivity index (χ3v) is 8.78. The van der Waals surface area contributed by atoms with Crippen LogP contribution in [0.1, 0.15) is 58.7 Å². The van der Waals surface area contributed by atoms with Crippen molar-refractivity contribution >= 4 is 34.1 Å². The quantitative estimate of drug-likeness (QED) is 0.230. The molecule has 2 atom stereocenters. The molecule has 4 aromatic heterocycles. The fraction of sp³-hybridized carbons (Fsp3) is 0.222. The Balaban J connectivity index is 1.27. The number of benzene rings is 2. The summed E-state index contributed by atoms with van der Waals surface area (Å²) in [5.41, 5.74) is 9.60. The van der Waals surface area contributed by atoms with Gasteiger partial charge in [-0.3, -0.25) is 23.6 Å². The molecule has 2 unspecified atom stereocenters. The van der Waals surface area contributed by atoms with Gasteiger partial charge in [0.1, 0.15) is 11.7 Å². The third kappa shape index (κ3) is 5.57. The Labute approximate surface area is 280 Å². The van der Waals surface area contributed by atoms with Gasteiger partial charge >= 0.3 is 0 Å². The molecule has 1 fully saturated rings. The predicted octanol–water partition coefficient (Wildman–Crippen LogP) is 2.55. The minimum absolute atomic E-state index is 0.0217. The normalized spacial score (nSPS) is 14.2. The van der Waals surface area contributed by atoms with Gasteiger partial charge in [-0.2, -0.15) is 5.10 Å². The number of rotatable bonds is 6. The molecule has 13 heteroatoms. The molecule has 5 heterocycles. The van der Waals surface area contributed by atoms with Crippen molar-refractivity contribution in [2.24, 2.45) is 7.05 Å². The van der Waals surface area contributed by atoms with Gasteiger partial charge in [-0.15, -0.1) is 5.10 Å². The summed E-state index contributed by atoms with van der Waals surface area (Å²) >= 11 is 0. The van der Waals surface area contributed by atoms with Gasteiger partial charge in [-0.25, -0.2) is 9.50 Å². The van der Waals surface area contributed by atoms with Gasteiger partial charge in [-0.1, -0.05) is 42.2 Å². The van der Waals surface area contributed by atoms with E-state index in [4.69, 9.17) is 5.73 Å². The average molecular weight is 656 g/mol. The highest BCUT2D eigenvalue weighted by Gasteiger charge is 2.36. The number of nitrogen functional groups attached to an aromatic ring is 1. The number of hydrogen-bond donors (Lipinski definition) is 3. The molecule has 0 spiro atoms. The van der Waals surface area contributed by atoms with Crippen LogP contribution in [0.25, 0.3) is 22.1 Å². The number of aromatic nitrogens is 6. The molecule has 0 radical (unpaired) electrons. The van der Waals surface area contributed by atoms with E-state index >= 15 is 0 Å². The largest absolute Gasteiger partial charge is 0.384 e. The zero-order valence-corrected chi connectivity index (χ0v) is 27.0. The molecule has 1 aliphatic heterocycles. The second-order valence-corrected chi connectivity index (χ2v) is 12.1. The molecule has 246 valence electrons. The lowest BCUT2D eigenvalue weighted by Crippen LogP contribution is -2.52. The summed E-state index contributed by atoms with van der Waals surface area (Å²) in [4.78, 5) is 46.1. The summed E-state index contributed by atoms with van der Waals surface area (Å²) in [6, 6.07) is 17.7. The lowest BCUT2D eigenvalue weighted by Gasteiger charge is -2.40. The van der Waals surface area contributed by atoms with Crippen LogP contribution in [0.2, 0.25) is 0 Å². The number of pyridine rings is 1. The van der Waals surface area contributed by atoms with Crippen LogP contribution in [0.4, 0.5) is 5.82 Å². The zero-order chi connectivity index (χ0) is 34.4. The Kier molecular flexibility index (Phi) is 7.93. The number of anilines is 1. The minimum atomic E-state index is -1.05. The van der Waals surface area contributed by atoms with Crippen molar-refractivity contribution in [3.8, 4) is 17.5 Å². The maximum atomic E-state index is 14.5. The van der Waals surface area contributed by atoms with Crippen LogP contribution in [0, 0.1) is 11.8 Å². The first kappa shape index (κ1) is 31.3. The standard InChI is InChI=1S/C36H33N9O4/c1-21(40-34(47)30-32(37)41-44-16-8-15-38-33(30)44)28-17-24-10-7-9-23(29(24)36(49)45(28)27-11-5-4-6-12-27)13-14-25-18-39-42(3)31(25)26-19-43(20-26)35(48)22(2)46/h4-12,15-18,21-22,26,46H,19-20H2,1-3H3,(H2,37,41)(H,40,47). The first-order valence-corrected chi connectivity index (χ1v) is 15.8. The lowest BCUT2D eigenvalue weighted by atomic mass is 9.93. The number of nitrogens with one attached hydrogen (secondary N) is 1. The first-order valence-electron chi connectivity index (χ1n) is 15.8. The van der Waals surface area contributed by atoms with E-state index in [0.717, 1.165) is 5.69 Å². The van der Waals surface area contributed by atoms with Gasteiger partial charge in [0.05, 0.1) is 28.9 Å². The molecular weight excluding hydrogens is 622 g/mol. The van der Waals surface area contributed by atoms with E-state index < -0.39 is 18.1 Å². The van der Waals surface area contributed by atoms with Crippen LogP contribution >= 0.6 is 0 Å². The molecule has 0 bridgehead atoms. The number of carbonyl (C=O) groups is 2. The predicted molar refractivity (Wildman–Crippen MR) is 183 cm³/mol. The molecule has 1 saturated heterocycles. The van der Waals surface area contributed by atoms with Gasteiger partial charge in [0.2, 0.25) is 0 Å². The molecule has 2 aromatic carbocycles. The van der Waals surface area contributed by atoms with Crippen LogP contribution in [-0.4, -0.2) is 70.0 Å². The van der Waals surface area contributed by atoms with Crippen molar-refractivity contribution in [1.29, 1.82) is 0 Å². The van der Waals surface area contributed by atoms with Gasteiger partial charge in [-0.05, 0) is 49.6 Å². The van der Waals surface area contributed by atoms with E-state index in [9.17, 15) is 19.5 Å². The second-order valence-electron chi connectivity index (χ2n) is 12.1. The van der Waals surface area contributed by atoms with E-state index in [-0.39, 0.29) is 28.8 Å². The van der Waals surface area contributed by atoms with Crippen molar-refractivity contribution in [3.05, 3.63) is 118 Å². The first-order chi connectivity index (χ1) is 23.6. The summed E-state index contributed by atoms with van der Waals surface area (Å²) < 4.78 is 4.79. The number of fused-ring (bicyclic) bond motifs is 2. The van der Waals surface area contributed by atoms with E-state index in [1.54, 1.807) is 51.8 Å². The number of para-hydroxylation sites is 1. The molecule has 0 saturated carbocycles. The maximum absolute atomic E-state index is 14.5. The topological polar surface area (TPSA) is 166 Å². The minimum Gasteiger partial charge on any atom is -0.384 e. The van der Waals surface area contributed by atoms with Crippen LogP contribution in [0.5, 0.6) is 0 Å². The summed E-state index contributed by atoms with van der Waals surface area (Å²) in [6.07, 6.45) is 3.86. The molecule has 1 aliphatic rings. The van der Waals surface area contributed by atoms with Crippen molar-refractivity contribution in [3.63, 3.8) is 0 Å². The lowest BCUT2D eigenvalue weighted by molar-refractivity contribution is -0.143. The molecule has 6 aromatic rings. The number of nitrogens with zero attached hydrogens (tertiary/aromatic N) is 7. The van der Waals surface area contributed by atoms with Crippen LogP contribution < -0.4 is 16.6 Å². The van der Waals surface area contributed by atoms with E-state index in [0.29, 0.717) is 52.0 Å². The van der Waals surface area contributed by atoms with E-state index in [1.807, 2.05) is 55.6 Å². The molecule has 0 aliphatic carbocycles. The fourth-order valence-corrected chi connectivity index (χ4v) is 6.37. The Hall–Kier alpha value is -6.26. The number of amides is 2. The van der Waals surface area contributed by atoms with E-state index in [1.165, 1.54) is 11.4 Å². The summed E-state index contributed by atoms with van der Waals surface area (Å²) in [7, 11) is 1.83. The number of aryl methyl sites for hydroxylation is 1. The number of carbonyl (C=O) groups excluding carboxylic acids is 2. The number of nitrogens with two attached hydrogens (primary N) is 1. The number of likely N-dealkylation sites (tertiary alicyclic amines) is 1. The smallest absolute Gasteiger partial charge is 0.264 e. The average Bonchev–Trinajstić information content (AvgIpc) is 3.61. The van der Waals surface area contributed by atoms with Crippen molar-refractivity contribution in [2.45, 2.75) is 31.9 Å². The molecule has 13 nitrogen and oxygen atoms in total. The van der Waals surface area contributed by atoms with Crippen molar-refractivity contribution in [2.75, 3.05) is 18.8 Å². The van der Waals surface area contributed by atoms with Gasteiger partial charge in [0, 0.05) is 55.4 Å². The van der Waals surface area contributed by atoms with Crippen LogP contribution in [-0.2, 0) is 11.8 Å². The Morgan fingerprint density at radius 3 is 2.55 bits per heavy atom. The van der Waals surface area contributed by atoms with Crippen LogP contribution in [0.3, 0.4) is 0 Å². The Morgan fingerprint density at radius 2 is 1.80 bits per heavy atom. The van der Waals surface area contributed by atoms with E-state index in [2.05, 4.69) is 32.3 Å². The molecule has 7 rings (SSSR count). The summed E-state index contributed by atoms with van der Waals surface area (Å²) in [5, 5.41) is 22.4. The third-order valence-electron chi connectivity index (χ3n) is 8.78. The van der Waals surface area contributed by atoms with Gasteiger partial charge < -0.3 is 21.1 Å². The second kappa shape index (κ2) is 12.4. The van der Waals surface area contributed by atoms with Crippen molar-refractivity contribution < 1.29 is 14.7 Å². The number of aliphatic hydroxyl groups is 1. The molecular formula is C36H33N9O4. The zero-order valence-electron chi connectivity index (χ0n) is 27.0. The monoisotopic (exact) mass is 655 g/mol. The fourth-order valence-electron chi connectivity index (χ4n) is 6.37. The molecule has 49 heavy (non-hydrogen) atoms. The van der Waals surface area contributed by atoms with Gasteiger partial charge in [0.15, 0.2) is 11.5 Å². The Morgan fingerprint density at radius 1 is 1.04 bits per heavy atom.